The zero-order valence-electron chi connectivity index (χ0n) is 10.9. The number of phenolic OH excluding ortho intramolecular Hbond substituents is 1. The van der Waals surface area contributed by atoms with E-state index in [4.69, 9.17) is 0 Å². The van der Waals surface area contributed by atoms with Crippen molar-refractivity contribution < 1.29 is 23.1 Å². The van der Waals surface area contributed by atoms with Crippen LogP contribution in [0.3, 0.4) is 0 Å². The maximum Gasteiger partial charge on any atom is 0.407 e. The zero-order chi connectivity index (χ0) is 16.5. The van der Waals surface area contributed by atoms with Crippen LogP contribution in [0.4, 0.5) is 13.2 Å². The summed E-state index contributed by atoms with van der Waals surface area (Å²) in [6.07, 6.45) is -1.35. The first-order chi connectivity index (χ1) is 10.1. The molecule has 2 rings (SSSR count). The number of rotatable bonds is 2. The summed E-state index contributed by atoms with van der Waals surface area (Å²) >= 11 is 5.83. The number of allylic oxidation sites excluding steroid dienone is 4. The molecule has 1 unspecified atom stereocenters. The third kappa shape index (κ3) is 3.55. The van der Waals surface area contributed by atoms with E-state index in [-0.39, 0.29) is 17.0 Å². The Morgan fingerprint density at radius 3 is 2.68 bits per heavy atom. The third-order valence-corrected chi connectivity index (χ3v) is 4.54. The van der Waals surface area contributed by atoms with Crippen molar-refractivity contribution >= 4 is 37.8 Å². The minimum absolute atomic E-state index is 0.0305. The van der Waals surface area contributed by atoms with Crippen LogP contribution in [-0.2, 0) is 0 Å². The summed E-state index contributed by atoms with van der Waals surface area (Å²) in [7, 11) is 0. The summed E-state index contributed by atoms with van der Waals surface area (Å²) in [4.78, 5) is 12.1. The fraction of sp³-hybridized carbons (Fsp3) is 0.214. The Morgan fingerprint density at radius 1 is 1.36 bits per heavy atom. The molecule has 0 radical (unpaired) electrons. The summed E-state index contributed by atoms with van der Waals surface area (Å²) in [5.41, 5.74) is 0.0677. The lowest BCUT2D eigenvalue weighted by atomic mass is 9.97. The van der Waals surface area contributed by atoms with Crippen LogP contribution in [0, 0.1) is 0 Å². The van der Waals surface area contributed by atoms with Gasteiger partial charge in [0.05, 0.1) is 5.56 Å². The lowest BCUT2D eigenvalue weighted by Crippen LogP contribution is -2.41. The van der Waals surface area contributed by atoms with Crippen molar-refractivity contribution in [2.24, 2.45) is 0 Å². The quantitative estimate of drug-likeness (QED) is 0.668. The van der Waals surface area contributed by atoms with Crippen LogP contribution >= 0.6 is 31.9 Å². The molecule has 118 valence electrons. The van der Waals surface area contributed by atoms with Crippen LogP contribution in [0.25, 0.3) is 0 Å². The maximum atomic E-state index is 13.0. The molecule has 1 aliphatic carbocycles. The van der Waals surface area contributed by atoms with Crippen molar-refractivity contribution in [3.63, 3.8) is 0 Å². The predicted octanol–water partition coefficient (Wildman–Crippen LogP) is 4.42. The molecule has 0 aliphatic heterocycles. The number of carbonyl (C=O) groups excluding carboxylic acids is 1. The summed E-state index contributed by atoms with van der Waals surface area (Å²) in [6, 6.07) is 4.25. The molecule has 2 N–H and O–H groups in total. The molecule has 1 aliphatic rings. The number of carbonyl (C=O) groups is 1. The minimum Gasteiger partial charge on any atom is -0.507 e. The SMILES string of the molecule is O=C(NC1=CC=CC(Br)(C(F)(F)F)C1)c1cc(Br)ccc1O. The van der Waals surface area contributed by atoms with Gasteiger partial charge < -0.3 is 10.4 Å². The number of nitrogens with one attached hydrogen (secondary N) is 1. The number of benzene rings is 1. The van der Waals surface area contributed by atoms with E-state index in [2.05, 4.69) is 37.2 Å². The van der Waals surface area contributed by atoms with Crippen LogP contribution in [0.2, 0.25) is 0 Å². The lowest BCUT2D eigenvalue weighted by Gasteiger charge is -2.30. The molecular weight excluding hydrogens is 431 g/mol. The van der Waals surface area contributed by atoms with Gasteiger partial charge in [-0.05, 0) is 24.3 Å². The molecule has 0 fully saturated rings. The highest BCUT2D eigenvalue weighted by Crippen LogP contribution is 2.44. The molecule has 0 heterocycles. The first-order valence-corrected chi connectivity index (χ1v) is 7.65. The first kappa shape index (κ1) is 17.1. The van der Waals surface area contributed by atoms with E-state index in [0.717, 1.165) is 6.08 Å². The molecule has 0 saturated carbocycles. The second kappa shape index (κ2) is 6.08. The van der Waals surface area contributed by atoms with Crippen LogP contribution in [0.1, 0.15) is 16.8 Å². The van der Waals surface area contributed by atoms with Gasteiger partial charge in [-0.2, -0.15) is 13.2 Å². The normalized spacial score (nSPS) is 21.4. The number of amides is 1. The fourth-order valence-corrected chi connectivity index (χ4v) is 2.71. The summed E-state index contributed by atoms with van der Waals surface area (Å²) < 4.78 is 37.3. The van der Waals surface area contributed by atoms with Crippen molar-refractivity contribution in [1.82, 2.24) is 5.32 Å². The number of hydrogen-bond donors (Lipinski definition) is 2. The molecular formula is C14H10Br2F3NO2. The summed E-state index contributed by atoms with van der Waals surface area (Å²) in [6.45, 7) is 0. The second-order valence-corrected chi connectivity index (χ2v) is 7.03. The zero-order valence-corrected chi connectivity index (χ0v) is 14.1. The van der Waals surface area contributed by atoms with Gasteiger partial charge in [0, 0.05) is 16.6 Å². The van der Waals surface area contributed by atoms with Gasteiger partial charge in [-0.25, -0.2) is 0 Å². The van der Waals surface area contributed by atoms with Gasteiger partial charge in [-0.3, -0.25) is 4.79 Å². The molecule has 1 amide bonds. The number of hydrogen-bond acceptors (Lipinski definition) is 2. The van der Waals surface area contributed by atoms with Crippen LogP contribution < -0.4 is 5.32 Å². The molecule has 1 aromatic rings. The maximum absolute atomic E-state index is 13.0. The molecule has 0 bridgehead atoms. The van der Waals surface area contributed by atoms with E-state index in [9.17, 15) is 23.1 Å². The molecule has 8 heteroatoms. The van der Waals surface area contributed by atoms with Crippen molar-refractivity contribution in [3.05, 3.63) is 52.2 Å². The lowest BCUT2D eigenvalue weighted by molar-refractivity contribution is -0.146. The number of phenols is 1. The molecule has 0 saturated heterocycles. The topological polar surface area (TPSA) is 49.3 Å². The van der Waals surface area contributed by atoms with Crippen molar-refractivity contribution in [1.29, 1.82) is 0 Å². The van der Waals surface area contributed by atoms with Gasteiger partial charge in [0.2, 0.25) is 0 Å². The molecule has 0 aromatic heterocycles. The second-order valence-electron chi connectivity index (χ2n) is 4.70. The van der Waals surface area contributed by atoms with Crippen molar-refractivity contribution in [2.75, 3.05) is 0 Å². The highest BCUT2D eigenvalue weighted by Gasteiger charge is 2.52. The van der Waals surface area contributed by atoms with E-state index < -0.39 is 22.8 Å². The third-order valence-electron chi connectivity index (χ3n) is 3.05. The van der Waals surface area contributed by atoms with Gasteiger partial charge in [0.25, 0.3) is 5.91 Å². The highest BCUT2D eigenvalue weighted by atomic mass is 79.9. The Morgan fingerprint density at radius 2 is 2.05 bits per heavy atom. The van der Waals surface area contributed by atoms with E-state index in [1.54, 1.807) is 6.07 Å². The van der Waals surface area contributed by atoms with Gasteiger partial charge in [-0.15, -0.1) is 0 Å². The predicted molar refractivity (Wildman–Crippen MR) is 82.8 cm³/mol. The van der Waals surface area contributed by atoms with Crippen LogP contribution in [-0.4, -0.2) is 21.5 Å². The molecule has 0 spiro atoms. The monoisotopic (exact) mass is 439 g/mol. The Bertz CT molecular complexity index is 671. The number of aromatic hydroxyl groups is 1. The Kier molecular flexibility index (Phi) is 4.72. The average Bonchev–Trinajstić information content (AvgIpc) is 2.40. The standard InChI is InChI=1S/C14H10Br2F3NO2/c15-8-3-4-11(21)10(6-8)12(22)20-9-2-1-5-13(16,7-9)14(17,18)19/h1-6,21H,7H2,(H,20,22). The first-order valence-electron chi connectivity index (χ1n) is 6.06. The fourth-order valence-electron chi connectivity index (χ4n) is 1.90. The minimum atomic E-state index is -4.49. The summed E-state index contributed by atoms with van der Waals surface area (Å²) in [5.74, 6) is -0.939. The number of halogens is 5. The van der Waals surface area contributed by atoms with Crippen LogP contribution in [0.15, 0.2) is 46.6 Å². The van der Waals surface area contributed by atoms with Crippen molar-refractivity contribution in [2.45, 2.75) is 16.9 Å². The smallest absolute Gasteiger partial charge is 0.407 e. The largest absolute Gasteiger partial charge is 0.507 e. The van der Waals surface area contributed by atoms with Crippen molar-refractivity contribution in [3.8, 4) is 5.75 Å². The molecule has 3 nitrogen and oxygen atoms in total. The average molecular weight is 441 g/mol. The van der Waals surface area contributed by atoms with Crippen LogP contribution in [0.5, 0.6) is 5.75 Å². The van der Waals surface area contributed by atoms with E-state index in [1.165, 1.54) is 24.3 Å². The van der Waals surface area contributed by atoms with Gasteiger partial charge in [0.15, 0.2) is 0 Å². The Labute approximate surface area is 141 Å². The number of alkyl halides is 4. The van der Waals surface area contributed by atoms with Gasteiger partial charge in [-0.1, -0.05) is 44.0 Å². The van der Waals surface area contributed by atoms with E-state index >= 15 is 0 Å². The van der Waals surface area contributed by atoms with E-state index in [1.807, 2.05) is 0 Å². The Balaban J connectivity index is 2.18. The molecule has 1 atom stereocenters. The van der Waals surface area contributed by atoms with E-state index in [0.29, 0.717) is 4.47 Å². The van der Waals surface area contributed by atoms with Gasteiger partial charge >= 0.3 is 6.18 Å². The molecule has 22 heavy (non-hydrogen) atoms. The highest BCUT2D eigenvalue weighted by molar-refractivity contribution is 9.10. The summed E-state index contributed by atoms with van der Waals surface area (Å²) in [5, 5.41) is 12.1. The molecule has 1 aromatic carbocycles. The van der Waals surface area contributed by atoms with Gasteiger partial charge in [0.1, 0.15) is 10.1 Å². The Hall–Kier alpha value is -1.28.